The zero-order valence-corrected chi connectivity index (χ0v) is 24.8. The number of β-amino-alcohol motifs (C(OH)–C–C–N with tert-alkyl or cyclic N) is 2. The molecule has 0 aromatic rings. The second-order valence-electron chi connectivity index (χ2n) is 14.7. The summed E-state index contributed by atoms with van der Waals surface area (Å²) in [5, 5.41) is 25.6. The summed E-state index contributed by atoms with van der Waals surface area (Å²) in [6.07, 6.45) is 8.16. The lowest BCUT2D eigenvalue weighted by molar-refractivity contribution is -0.00100. The van der Waals surface area contributed by atoms with Crippen LogP contribution in [0.4, 0.5) is 0 Å². The summed E-state index contributed by atoms with van der Waals surface area (Å²) in [5.74, 6) is 1.47. The highest BCUT2D eigenvalue weighted by Crippen LogP contribution is 2.68. The average molecular weight is 532 g/mol. The molecule has 5 fully saturated rings. The number of rotatable bonds is 10. The van der Waals surface area contributed by atoms with Crippen LogP contribution in [-0.4, -0.2) is 90.4 Å². The summed E-state index contributed by atoms with van der Waals surface area (Å²) in [4.78, 5) is 10.2. The number of aliphatic hydroxyl groups is 2. The molecule has 0 aromatic heterocycles. The lowest BCUT2D eigenvalue weighted by Crippen LogP contribution is -2.51. The fourth-order valence-electron chi connectivity index (χ4n) is 8.58. The lowest BCUT2D eigenvalue weighted by Gasteiger charge is -2.36. The van der Waals surface area contributed by atoms with E-state index in [1.54, 1.807) is 0 Å². The number of hydrogen-bond acceptors (Lipinski definition) is 7. The second-order valence-corrected chi connectivity index (χ2v) is 14.7. The van der Waals surface area contributed by atoms with Gasteiger partial charge >= 0.3 is 0 Å². The van der Waals surface area contributed by atoms with Crippen molar-refractivity contribution in [2.75, 3.05) is 52.5 Å². The van der Waals surface area contributed by atoms with Gasteiger partial charge < -0.3 is 19.8 Å². The van der Waals surface area contributed by atoms with E-state index >= 15 is 0 Å². The molecule has 0 spiro atoms. The third kappa shape index (κ3) is 4.84. The van der Waals surface area contributed by atoms with Crippen LogP contribution in [0.5, 0.6) is 0 Å². The first-order valence-corrected chi connectivity index (χ1v) is 15.2. The van der Waals surface area contributed by atoms with Gasteiger partial charge in [0, 0.05) is 44.7 Å². The normalized spacial score (nSPS) is 39.8. The van der Waals surface area contributed by atoms with Crippen LogP contribution in [0.25, 0.3) is 0 Å². The van der Waals surface area contributed by atoms with Crippen molar-refractivity contribution in [3.05, 3.63) is 11.8 Å². The van der Waals surface area contributed by atoms with E-state index < -0.39 is 12.2 Å². The molecule has 5 rings (SSSR count). The molecule has 38 heavy (non-hydrogen) atoms. The van der Waals surface area contributed by atoms with E-state index in [4.69, 9.17) is 9.57 Å². The molecule has 7 heteroatoms. The van der Waals surface area contributed by atoms with Crippen molar-refractivity contribution in [2.45, 2.75) is 92.3 Å². The molecule has 2 N–H and O–H groups in total. The monoisotopic (exact) mass is 531 g/mol. The molecule has 5 aliphatic rings. The maximum atomic E-state index is 10.6. The third-order valence-corrected chi connectivity index (χ3v) is 12.5. The van der Waals surface area contributed by atoms with Gasteiger partial charge in [-0.05, 0) is 72.2 Å². The number of fused-ring (bicyclic) bond motifs is 4. The predicted octanol–water partition coefficient (Wildman–Crippen LogP) is 4.29. The van der Waals surface area contributed by atoms with Gasteiger partial charge in [0.15, 0.2) is 0 Å². The average Bonchev–Trinajstić information content (AvgIpc) is 3.37. The summed E-state index contributed by atoms with van der Waals surface area (Å²) >= 11 is 0. The van der Waals surface area contributed by atoms with E-state index in [9.17, 15) is 10.2 Å². The van der Waals surface area contributed by atoms with Gasteiger partial charge in [0.05, 0.1) is 12.0 Å². The van der Waals surface area contributed by atoms with Gasteiger partial charge in [-0.2, -0.15) is 0 Å². The van der Waals surface area contributed by atoms with Gasteiger partial charge in [-0.25, -0.2) is 0 Å². The molecule has 0 aromatic carbocycles. The van der Waals surface area contributed by atoms with E-state index in [0.29, 0.717) is 31.0 Å². The number of nitrogens with zero attached hydrogens (tertiary/aromatic N) is 3. The molecule has 1 saturated heterocycles. The van der Waals surface area contributed by atoms with E-state index in [-0.39, 0.29) is 22.9 Å². The predicted molar refractivity (Wildman–Crippen MR) is 151 cm³/mol. The summed E-state index contributed by atoms with van der Waals surface area (Å²) < 4.78 is 5.91. The second kappa shape index (κ2) is 10.4. The molecule has 4 bridgehead atoms. The Morgan fingerprint density at radius 2 is 1.34 bits per heavy atom. The Labute approximate surface area is 230 Å². The minimum atomic E-state index is -0.546. The standard InChI is InChI=1S/C31H53N3O4/c1-28(2)22-7-9-30(28,5)24(15-22)19-37-20-25(35)17-33-11-13-34(14-12-33)18-26(36)21-38-32-27-16-23-8-10-31(27,6)29(23,3)4/h19,22-23,25-26,35-36H,7-18,20-21H2,1-6H3/b24-19+,32-27-/t22-,23-,25+,26-,30-,31-/m0/s1. The van der Waals surface area contributed by atoms with Crippen molar-refractivity contribution in [3.8, 4) is 0 Å². The zero-order chi connectivity index (χ0) is 27.3. The molecule has 4 aliphatic carbocycles. The number of aliphatic hydroxyl groups excluding tert-OH is 2. The summed E-state index contributed by atoms with van der Waals surface area (Å²) in [6, 6.07) is 0. The number of ether oxygens (including phenoxy) is 1. The SMILES string of the molecule is CC1(C)[C@H]2CC[C@@]1(C)/C(=N\OC[C@@H](O)CN1CCN(C[C@@H](O)CO/C=C3\C[C@@H]4CC[C@]3(C)C4(C)C)CC1)C2. The maximum absolute atomic E-state index is 10.6. The Bertz CT molecular complexity index is 850. The number of piperazine rings is 1. The molecule has 1 aliphatic heterocycles. The Morgan fingerprint density at radius 3 is 1.82 bits per heavy atom. The minimum Gasteiger partial charge on any atom is -0.498 e. The maximum Gasteiger partial charge on any atom is 0.144 e. The molecular weight excluding hydrogens is 478 g/mol. The minimum absolute atomic E-state index is 0.136. The fourth-order valence-corrected chi connectivity index (χ4v) is 8.58. The number of hydrogen-bond donors (Lipinski definition) is 2. The van der Waals surface area contributed by atoms with Gasteiger partial charge in [-0.15, -0.1) is 0 Å². The lowest BCUT2D eigenvalue weighted by atomic mass is 9.69. The Hall–Kier alpha value is -1.15. The van der Waals surface area contributed by atoms with Crippen LogP contribution in [0, 0.1) is 33.5 Å². The van der Waals surface area contributed by atoms with Gasteiger partial charge in [0.1, 0.15) is 25.4 Å². The quantitative estimate of drug-likeness (QED) is 0.324. The Morgan fingerprint density at radius 1 is 0.816 bits per heavy atom. The molecule has 7 nitrogen and oxygen atoms in total. The van der Waals surface area contributed by atoms with Gasteiger partial charge in [0.2, 0.25) is 0 Å². The molecule has 0 radical (unpaired) electrons. The first-order valence-electron chi connectivity index (χ1n) is 15.2. The van der Waals surface area contributed by atoms with Crippen molar-refractivity contribution in [2.24, 2.45) is 38.7 Å². The van der Waals surface area contributed by atoms with E-state index in [1.165, 1.54) is 37.0 Å². The molecule has 4 saturated carbocycles. The summed E-state index contributed by atoms with van der Waals surface area (Å²) in [6.45, 7) is 19.6. The van der Waals surface area contributed by atoms with Crippen molar-refractivity contribution >= 4 is 5.71 Å². The first-order chi connectivity index (χ1) is 17.9. The largest absolute Gasteiger partial charge is 0.498 e. The molecule has 216 valence electrons. The highest BCUT2D eigenvalue weighted by atomic mass is 16.6. The highest BCUT2D eigenvalue weighted by molar-refractivity contribution is 5.93. The third-order valence-electron chi connectivity index (χ3n) is 12.5. The summed E-state index contributed by atoms with van der Waals surface area (Å²) in [5.41, 5.74) is 3.63. The van der Waals surface area contributed by atoms with Crippen molar-refractivity contribution in [1.82, 2.24) is 9.80 Å². The van der Waals surface area contributed by atoms with E-state index in [2.05, 4.69) is 56.5 Å². The van der Waals surface area contributed by atoms with Crippen molar-refractivity contribution in [1.29, 1.82) is 0 Å². The van der Waals surface area contributed by atoms with Gasteiger partial charge in [-0.1, -0.05) is 46.7 Å². The number of allylic oxidation sites excluding steroid dienone is 1. The molecule has 0 unspecified atom stereocenters. The first kappa shape index (κ1) is 28.4. The molecular formula is C31H53N3O4. The smallest absolute Gasteiger partial charge is 0.144 e. The van der Waals surface area contributed by atoms with Crippen molar-refractivity contribution in [3.63, 3.8) is 0 Å². The van der Waals surface area contributed by atoms with E-state index in [0.717, 1.165) is 44.9 Å². The van der Waals surface area contributed by atoms with Gasteiger partial charge in [-0.3, -0.25) is 9.80 Å². The molecule has 0 amide bonds. The molecule has 6 atom stereocenters. The highest BCUT2D eigenvalue weighted by Gasteiger charge is 2.60. The van der Waals surface area contributed by atoms with E-state index in [1.807, 2.05) is 6.26 Å². The summed E-state index contributed by atoms with van der Waals surface area (Å²) in [7, 11) is 0. The zero-order valence-electron chi connectivity index (χ0n) is 24.8. The van der Waals surface area contributed by atoms with Crippen LogP contribution in [-0.2, 0) is 9.57 Å². The topological polar surface area (TPSA) is 77.8 Å². The van der Waals surface area contributed by atoms with Gasteiger partial charge in [0.25, 0.3) is 0 Å². The van der Waals surface area contributed by atoms with Crippen molar-refractivity contribution < 1.29 is 19.8 Å². The van der Waals surface area contributed by atoms with Crippen LogP contribution in [0.15, 0.2) is 17.0 Å². The fraction of sp³-hybridized carbons (Fsp3) is 0.903. The Balaban J connectivity index is 0.977. The van der Waals surface area contributed by atoms with Crippen LogP contribution in [0.2, 0.25) is 0 Å². The van der Waals surface area contributed by atoms with Crippen LogP contribution in [0.1, 0.15) is 80.1 Å². The van der Waals surface area contributed by atoms with Crippen LogP contribution < -0.4 is 0 Å². The Kier molecular flexibility index (Phi) is 7.73. The number of oxime groups is 1. The van der Waals surface area contributed by atoms with Crippen LogP contribution in [0.3, 0.4) is 0 Å². The molecule has 1 heterocycles. The van der Waals surface area contributed by atoms with Crippen LogP contribution >= 0.6 is 0 Å².